The summed E-state index contributed by atoms with van der Waals surface area (Å²) in [5, 5.41) is -1.95. The molecule has 1 saturated heterocycles. The van der Waals surface area contributed by atoms with Gasteiger partial charge in [0.15, 0.2) is 5.25 Å². The summed E-state index contributed by atoms with van der Waals surface area (Å²) in [6, 6.07) is 6.63. The molecule has 0 spiro atoms. The van der Waals surface area contributed by atoms with Gasteiger partial charge in [0.25, 0.3) is 33.7 Å². The molecule has 0 aliphatic carbocycles. The number of carbonyl (C=O) groups is 5. The van der Waals surface area contributed by atoms with Gasteiger partial charge in [-0.3, -0.25) is 23.7 Å². The van der Waals surface area contributed by atoms with Crippen LogP contribution in [0.3, 0.4) is 0 Å². The van der Waals surface area contributed by atoms with E-state index in [1.54, 1.807) is 24.3 Å². The Morgan fingerprint density at radius 2 is 1.73 bits per heavy atom. The van der Waals surface area contributed by atoms with Gasteiger partial charge in [0.05, 0.1) is 12.1 Å². The van der Waals surface area contributed by atoms with Crippen LogP contribution in [0, 0.1) is 0 Å². The summed E-state index contributed by atoms with van der Waals surface area (Å²) >= 11 is 0. The summed E-state index contributed by atoms with van der Waals surface area (Å²) in [5.74, 6) is -4.31. The van der Waals surface area contributed by atoms with Crippen LogP contribution in [-0.2, 0) is 45.3 Å². The van der Waals surface area contributed by atoms with Crippen LogP contribution in [0.4, 0.5) is 5.69 Å². The van der Waals surface area contributed by atoms with Crippen molar-refractivity contribution < 1.29 is 41.8 Å². The van der Waals surface area contributed by atoms with Crippen molar-refractivity contribution in [3.8, 4) is 0 Å². The average Bonchev–Trinajstić information content (AvgIpc) is 3.15. The zero-order chi connectivity index (χ0) is 22.1. The fraction of sp³-hybridized carbons (Fsp3) is 0.278. The molecular weight excluding hydrogens is 420 g/mol. The molecule has 2 aliphatic heterocycles. The first-order chi connectivity index (χ1) is 14.1. The fourth-order valence-electron chi connectivity index (χ4n) is 3.06. The van der Waals surface area contributed by atoms with Crippen molar-refractivity contribution in [3.63, 3.8) is 0 Å². The number of anilines is 1. The minimum absolute atomic E-state index is 0.0436. The highest BCUT2D eigenvalue weighted by Crippen LogP contribution is 2.25. The van der Waals surface area contributed by atoms with Crippen molar-refractivity contribution in [2.75, 3.05) is 4.90 Å². The molecule has 4 amide bonds. The molecule has 1 unspecified atom stereocenters. The van der Waals surface area contributed by atoms with E-state index >= 15 is 0 Å². The largest absolute Gasteiger partial charge is 0.333 e. The van der Waals surface area contributed by atoms with E-state index in [0.717, 1.165) is 17.1 Å². The summed E-state index contributed by atoms with van der Waals surface area (Å²) in [6.07, 6.45) is 1.72. The number of nitrogens with zero attached hydrogens (tertiary/aromatic N) is 2. The molecule has 158 valence electrons. The second-order valence-electron chi connectivity index (χ2n) is 6.52. The first-order valence-electron chi connectivity index (χ1n) is 8.77. The van der Waals surface area contributed by atoms with Crippen molar-refractivity contribution in [2.45, 2.75) is 30.9 Å². The Labute approximate surface area is 170 Å². The standard InChI is InChI=1S/C18H16N2O9S/c21-14-8-9-15(22)19(14)12-6-2-1-4-11(12)5-3-7-17(24)29-20-16(23)10-13(18(20)25)30(26,27)28/h1-2,4,6,8-9,13H,3,5,7,10H2,(H,26,27,28). The van der Waals surface area contributed by atoms with E-state index < -0.39 is 51.4 Å². The minimum Gasteiger partial charge on any atom is -0.330 e. The molecule has 1 atom stereocenters. The van der Waals surface area contributed by atoms with Crippen LogP contribution in [0.25, 0.3) is 0 Å². The van der Waals surface area contributed by atoms with E-state index in [1.807, 2.05) is 0 Å². The molecule has 0 aromatic heterocycles. The molecule has 3 rings (SSSR count). The van der Waals surface area contributed by atoms with E-state index in [0.29, 0.717) is 11.3 Å². The third-order valence-electron chi connectivity index (χ3n) is 4.48. The smallest absolute Gasteiger partial charge is 0.330 e. The van der Waals surface area contributed by atoms with Crippen molar-refractivity contribution in [1.82, 2.24) is 5.06 Å². The molecule has 1 N–H and O–H groups in total. The Bertz CT molecular complexity index is 1060. The van der Waals surface area contributed by atoms with Crippen LogP contribution in [0.15, 0.2) is 36.4 Å². The Kier molecular flexibility index (Phi) is 5.80. The number of amides is 4. The summed E-state index contributed by atoms with van der Waals surface area (Å²) in [5.41, 5.74) is 1.00. The SMILES string of the molecule is O=C(CCCc1ccccc1N1C(=O)C=CC1=O)ON1C(=O)CC(S(=O)(=O)O)C1=O. The van der Waals surface area contributed by atoms with Crippen LogP contribution >= 0.6 is 0 Å². The zero-order valence-corrected chi connectivity index (χ0v) is 16.2. The molecule has 1 aromatic rings. The maximum Gasteiger partial charge on any atom is 0.333 e. The van der Waals surface area contributed by atoms with E-state index in [1.165, 1.54) is 0 Å². The highest BCUT2D eigenvalue weighted by atomic mass is 32.2. The molecule has 30 heavy (non-hydrogen) atoms. The lowest BCUT2D eigenvalue weighted by atomic mass is 10.1. The van der Waals surface area contributed by atoms with Crippen molar-refractivity contribution in [2.24, 2.45) is 0 Å². The lowest BCUT2D eigenvalue weighted by Crippen LogP contribution is -2.36. The van der Waals surface area contributed by atoms with Gasteiger partial charge in [-0.2, -0.15) is 8.42 Å². The van der Waals surface area contributed by atoms with Crippen LogP contribution < -0.4 is 4.90 Å². The Hall–Kier alpha value is -3.38. The predicted octanol–water partition coefficient (Wildman–Crippen LogP) is -0.0878. The molecule has 2 aliphatic rings. The molecule has 1 fully saturated rings. The summed E-state index contributed by atoms with van der Waals surface area (Å²) < 4.78 is 31.1. The van der Waals surface area contributed by atoms with Crippen LogP contribution in [0.2, 0.25) is 0 Å². The minimum atomic E-state index is -4.80. The number of benzene rings is 1. The Balaban J connectivity index is 1.59. The summed E-state index contributed by atoms with van der Waals surface area (Å²) in [6.45, 7) is 0. The maximum atomic E-state index is 12.0. The first kappa shape index (κ1) is 21.3. The molecule has 0 saturated carbocycles. The van der Waals surface area contributed by atoms with Gasteiger partial charge in [0, 0.05) is 18.6 Å². The zero-order valence-electron chi connectivity index (χ0n) is 15.4. The van der Waals surface area contributed by atoms with E-state index in [-0.39, 0.29) is 24.3 Å². The Morgan fingerprint density at radius 3 is 2.33 bits per heavy atom. The third kappa shape index (κ3) is 4.28. The molecule has 12 heteroatoms. The van der Waals surface area contributed by atoms with Crippen LogP contribution in [0.5, 0.6) is 0 Å². The molecule has 0 radical (unpaired) electrons. The summed E-state index contributed by atoms with van der Waals surface area (Å²) in [7, 11) is -4.80. The van der Waals surface area contributed by atoms with E-state index in [2.05, 4.69) is 4.84 Å². The van der Waals surface area contributed by atoms with Gasteiger partial charge in [-0.1, -0.05) is 18.2 Å². The van der Waals surface area contributed by atoms with Crippen LogP contribution in [-0.4, -0.2) is 52.9 Å². The molecule has 0 bridgehead atoms. The number of para-hydroxylation sites is 1. The number of carbonyl (C=O) groups excluding carboxylic acids is 5. The maximum absolute atomic E-state index is 12.0. The van der Waals surface area contributed by atoms with Gasteiger partial charge >= 0.3 is 5.97 Å². The van der Waals surface area contributed by atoms with Gasteiger partial charge in [0.1, 0.15) is 0 Å². The van der Waals surface area contributed by atoms with Crippen LogP contribution in [0.1, 0.15) is 24.8 Å². The lowest BCUT2D eigenvalue weighted by molar-refractivity contribution is -0.197. The van der Waals surface area contributed by atoms with Gasteiger partial charge < -0.3 is 4.84 Å². The first-order valence-corrected chi connectivity index (χ1v) is 10.3. The lowest BCUT2D eigenvalue weighted by Gasteiger charge is -2.18. The second-order valence-corrected chi connectivity index (χ2v) is 8.12. The van der Waals surface area contributed by atoms with Crippen molar-refractivity contribution in [1.29, 1.82) is 0 Å². The van der Waals surface area contributed by atoms with E-state index in [4.69, 9.17) is 4.55 Å². The van der Waals surface area contributed by atoms with Gasteiger partial charge in [-0.15, -0.1) is 5.06 Å². The number of imide groups is 2. The average molecular weight is 436 g/mol. The highest BCUT2D eigenvalue weighted by molar-refractivity contribution is 7.87. The number of hydrogen-bond donors (Lipinski definition) is 1. The molecule has 2 heterocycles. The Morgan fingerprint density at radius 1 is 1.10 bits per heavy atom. The van der Waals surface area contributed by atoms with Gasteiger partial charge in [-0.25, -0.2) is 9.69 Å². The second kappa shape index (κ2) is 8.16. The monoisotopic (exact) mass is 436 g/mol. The molecule has 11 nitrogen and oxygen atoms in total. The number of aryl methyl sites for hydroxylation is 1. The summed E-state index contributed by atoms with van der Waals surface area (Å²) in [4.78, 5) is 65.0. The number of rotatable bonds is 7. The topological polar surface area (TPSA) is 155 Å². The number of hydroxylamine groups is 2. The van der Waals surface area contributed by atoms with Crippen molar-refractivity contribution >= 4 is 45.4 Å². The highest BCUT2D eigenvalue weighted by Gasteiger charge is 2.48. The third-order valence-corrected chi connectivity index (χ3v) is 5.57. The normalized spacial score (nSPS) is 19.2. The fourth-order valence-corrected chi connectivity index (χ4v) is 3.76. The predicted molar refractivity (Wildman–Crippen MR) is 98.9 cm³/mol. The number of hydrogen-bond acceptors (Lipinski definition) is 8. The van der Waals surface area contributed by atoms with Gasteiger partial charge in [0.2, 0.25) is 0 Å². The molecular formula is C18H16N2O9S. The van der Waals surface area contributed by atoms with Gasteiger partial charge in [-0.05, 0) is 24.5 Å². The molecule has 1 aromatic carbocycles. The quantitative estimate of drug-likeness (QED) is 0.456. The van der Waals surface area contributed by atoms with Crippen molar-refractivity contribution in [3.05, 3.63) is 42.0 Å². The van der Waals surface area contributed by atoms with E-state index in [9.17, 15) is 32.4 Å².